The minimum absolute atomic E-state index is 0.692. The number of halogens is 1. The molecule has 2 aliphatic rings. The Hall–Kier alpha value is -0.180. The van der Waals surface area contributed by atoms with Crippen LogP contribution in [-0.4, -0.2) is 24.7 Å². The summed E-state index contributed by atoms with van der Waals surface area (Å²) in [5, 5.41) is 3.70. The van der Waals surface area contributed by atoms with Gasteiger partial charge in [0.05, 0.1) is 0 Å². The van der Waals surface area contributed by atoms with Gasteiger partial charge in [0.25, 0.3) is 0 Å². The minimum Gasteiger partial charge on any atom is -0.316 e. The van der Waals surface area contributed by atoms with Gasteiger partial charge in [0, 0.05) is 29.0 Å². The largest absolute Gasteiger partial charge is 0.316 e. The van der Waals surface area contributed by atoms with Crippen molar-refractivity contribution < 1.29 is 0 Å². The lowest BCUT2D eigenvalue weighted by Gasteiger charge is -2.19. The van der Waals surface area contributed by atoms with Crippen LogP contribution in [0.1, 0.15) is 30.7 Å². The Morgan fingerprint density at radius 2 is 2.00 bits per heavy atom. The molecular weight excluding hydrogens is 274 g/mol. The van der Waals surface area contributed by atoms with Gasteiger partial charge in [0.2, 0.25) is 0 Å². The Kier molecular flexibility index (Phi) is 4.73. The van der Waals surface area contributed by atoms with E-state index in [2.05, 4.69) is 29.6 Å². The fourth-order valence-corrected chi connectivity index (χ4v) is 5.09. The average Bonchev–Trinajstić information content (AvgIpc) is 3.06. The molecule has 1 aromatic carbocycles. The van der Waals surface area contributed by atoms with Crippen molar-refractivity contribution in [2.24, 2.45) is 11.8 Å². The normalized spacial score (nSPS) is 29.6. The third-order valence-electron chi connectivity index (χ3n) is 4.61. The summed E-state index contributed by atoms with van der Waals surface area (Å²) in [5.74, 6) is 4.32. The van der Waals surface area contributed by atoms with Crippen LogP contribution in [0.4, 0.5) is 0 Å². The van der Waals surface area contributed by atoms with Crippen molar-refractivity contribution in [3.05, 3.63) is 29.8 Å². The monoisotopic (exact) mass is 295 g/mol. The first-order valence-electron chi connectivity index (χ1n) is 7.37. The standard InChI is InChI=1S/C16H22ClNS/c17-8-12-4-3-5-13(12)9-18-10-14-11-19-16-7-2-1-6-15(14)16/h1-2,6-7,12-14,18H,3-5,8-11H2. The average molecular weight is 296 g/mol. The molecule has 1 aliphatic carbocycles. The fourth-order valence-electron chi connectivity index (χ4n) is 3.43. The second-order valence-corrected chi connectivity index (χ2v) is 7.18. The number of alkyl halides is 1. The van der Waals surface area contributed by atoms with E-state index in [0.29, 0.717) is 5.92 Å². The lowest BCUT2D eigenvalue weighted by molar-refractivity contribution is 0.392. The molecule has 3 rings (SSSR count). The van der Waals surface area contributed by atoms with Crippen molar-refractivity contribution in [3.63, 3.8) is 0 Å². The number of rotatable bonds is 5. The first-order valence-corrected chi connectivity index (χ1v) is 8.89. The van der Waals surface area contributed by atoms with Crippen molar-refractivity contribution in [2.45, 2.75) is 30.1 Å². The number of fused-ring (bicyclic) bond motifs is 1. The molecule has 3 unspecified atom stereocenters. The Morgan fingerprint density at radius 1 is 1.16 bits per heavy atom. The molecule has 0 saturated heterocycles. The van der Waals surface area contributed by atoms with Gasteiger partial charge in [-0.2, -0.15) is 0 Å². The van der Waals surface area contributed by atoms with E-state index in [0.717, 1.165) is 30.8 Å². The van der Waals surface area contributed by atoms with Crippen LogP contribution in [0.5, 0.6) is 0 Å². The first-order chi connectivity index (χ1) is 9.38. The van der Waals surface area contributed by atoms with Crippen LogP contribution in [0.15, 0.2) is 29.2 Å². The summed E-state index contributed by atoms with van der Waals surface area (Å²) in [4.78, 5) is 1.48. The van der Waals surface area contributed by atoms with Crippen LogP contribution in [0.3, 0.4) is 0 Å². The molecule has 0 bridgehead atoms. The van der Waals surface area contributed by atoms with Gasteiger partial charge in [0.1, 0.15) is 0 Å². The third kappa shape index (κ3) is 3.12. The van der Waals surface area contributed by atoms with Crippen molar-refractivity contribution in [1.82, 2.24) is 5.32 Å². The molecule has 1 nitrogen and oxygen atoms in total. The highest BCUT2D eigenvalue weighted by atomic mass is 35.5. The molecule has 0 radical (unpaired) electrons. The summed E-state index contributed by atoms with van der Waals surface area (Å²) >= 11 is 8.05. The quantitative estimate of drug-likeness (QED) is 0.820. The number of thioether (sulfide) groups is 1. The Bertz CT molecular complexity index is 423. The molecule has 3 atom stereocenters. The van der Waals surface area contributed by atoms with Gasteiger partial charge in [-0.15, -0.1) is 23.4 Å². The van der Waals surface area contributed by atoms with Gasteiger partial charge in [0.15, 0.2) is 0 Å². The minimum atomic E-state index is 0.692. The van der Waals surface area contributed by atoms with E-state index in [1.807, 2.05) is 11.8 Å². The Morgan fingerprint density at radius 3 is 2.89 bits per heavy atom. The topological polar surface area (TPSA) is 12.0 Å². The van der Waals surface area contributed by atoms with Gasteiger partial charge < -0.3 is 5.32 Å². The Labute approximate surface area is 125 Å². The lowest BCUT2D eigenvalue weighted by atomic mass is 9.97. The lowest BCUT2D eigenvalue weighted by Crippen LogP contribution is -2.29. The fraction of sp³-hybridized carbons (Fsp3) is 0.625. The maximum Gasteiger partial charge on any atom is 0.0254 e. The van der Waals surface area contributed by atoms with Gasteiger partial charge in [-0.1, -0.05) is 24.6 Å². The van der Waals surface area contributed by atoms with Gasteiger partial charge in [-0.3, -0.25) is 0 Å². The van der Waals surface area contributed by atoms with Gasteiger partial charge >= 0.3 is 0 Å². The van der Waals surface area contributed by atoms with Crippen LogP contribution >= 0.6 is 23.4 Å². The van der Waals surface area contributed by atoms with Crippen LogP contribution in [0.2, 0.25) is 0 Å². The van der Waals surface area contributed by atoms with E-state index in [1.165, 1.54) is 29.9 Å². The van der Waals surface area contributed by atoms with E-state index in [-0.39, 0.29) is 0 Å². The zero-order chi connectivity index (χ0) is 13.1. The summed E-state index contributed by atoms with van der Waals surface area (Å²) in [6.07, 6.45) is 4.06. The van der Waals surface area contributed by atoms with E-state index in [9.17, 15) is 0 Å². The predicted octanol–water partition coefficient (Wildman–Crippen LogP) is 4.12. The van der Waals surface area contributed by atoms with E-state index in [4.69, 9.17) is 11.6 Å². The first kappa shape index (κ1) is 13.8. The van der Waals surface area contributed by atoms with Crippen LogP contribution in [0, 0.1) is 11.8 Å². The van der Waals surface area contributed by atoms with E-state index < -0.39 is 0 Å². The Balaban J connectivity index is 1.49. The molecule has 1 heterocycles. The third-order valence-corrected chi connectivity index (χ3v) is 6.26. The van der Waals surface area contributed by atoms with E-state index in [1.54, 1.807) is 5.56 Å². The number of nitrogens with one attached hydrogen (secondary N) is 1. The predicted molar refractivity (Wildman–Crippen MR) is 84.3 cm³/mol. The van der Waals surface area contributed by atoms with Crippen LogP contribution in [0.25, 0.3) is 0 Å². The molecular formula is C16H22ClNS. The summed E-state index contributed by atoms with van der Waals surface area (Å²) in [6.45, 7) is 2.27. The summed E-state index contributed by atoms with van der Waals surface area (Å²) < 4.78 is 0. The molecule has 0 amide bonds. The molecule has 1 aromatic rings. The molecule has 1 saturated carbocycles. The van der Waals surface area contributed by atoms with Crippen molar-refractivity contribution in [1.29, 1.82) is 0 Å². The second-order valence-electron chi connectivity index (χ2n) is 5.81. The summed E-state index contributed by atoms with van der Waals surface area (Å²) in [6, 6.07) is 8.85. The zero-order valence-electron chi connectivity index (χ0n) is 11.3. The second kappa shape index (κ2) is 6.51. The molecule has 19 heavy (non-hydrogen) atoms. The number of benzene rings is 1. The summed E-state index contributed by atoms with van der Waals surface area (Å²) in [7, 11) is 0. The molecule has 1 aliphatic heterocycles. The van der Waals surface area contributed by atoms with Gasteiger partial charge in [-0.05, 0) is 42.9 Å². The van der Waals surface area contributed by atoms with Crippen LogP contribution in [-0.2, 0) is 0 Å². The highest BCUT2D eigenvalue weighted by molar-refractivity contribution is 7.99. The smallest absolute Gasteiger partial charge is 0.0254 e. The van der Waals surface area contributed by atoms with Crippen molar-refractivity contribution in [3.8, 4) is 0 Å². The maximum atomic E-state index is 6.04. The molecule has 1 fully saturated rings. The van der Waals surface area contributed by atoms with Gasteiger partial charge in [-0.25, -0.2) is 0 Å². The summed E-state index contributed by atoms with van der Waals surface area (Å²) in [5.41, 5.74) is 1.54. The van der Waals surface area contributed by atoms with Crippen molar-refractivity contribution in [2.75, 3.05) is 24.7 Å². The maximum absolute atomic E-state index is 6.04. The van der Waals surface area contributed by atoms with E-state index >= 15 is 0 Å². The highest BCUT2D eigenvalue weighted by Gasteiger charge is 2.27. The molecule has 3 heteroatoms. The highest BCUT2D eigenvalue weighted by Crippen LogP contribution is 2.39. The van der Waals surface area contributed by atoms with Crippen LogP contribution < -0.4 is 5.32 Å². The van der Waals surface area contributed by atoms with Crippen molar-refractivity contribution >= 4 is 23.4 Å². The molecule has 104 valence electrons. The number of hydrogen-bond donors (Lipinski definition) is 1. The number of hydrogen-bond acceptors (Lipinski definition) is 2. The molecule has 0 aromatic heterocycles. The zero-order valence-corrected chi connectivity index (χ0v) is 12.8. The SMILES string of the molecule is ClCC1CCCC1CNCC1CSc2ccccc21. The molecule has 1 N–H and O–H groups in total. The molecule has 0 spiro atoms.